The van der Waals surface area contributed by atoms with Crippen molar-refractivity contribution < 1.29 is 19.8 Å². The predicted octanol–water partition coefficient (Wildman–Crippen LogP) is 0.662. The quantitative estimate of drug-likeness (QED) is 0.693. The molecule has 1 unspecified atom stereocenters. The summed E-state index contributed by atoms with van der Waals surface area (Å²) in [6.07, 6.45) is -0.125. The van der Waals surface area contributed by atoms with Gasteiger partial charge in [0, 0.05) is 13.0 Å². The summed E-state index contributed by atoms with van der Waals surface area (Å²) in [5, 5.41) is 20.2. The van der Waals surface area contributed by atoms with Crippen LogP contribution in [0.25, 0.3) is 0 Å². The number of hydrogen-bond acceptors (Lipinski definition) is 3. The second-order valence-electron chi connectivity index (χ2n) is 4.03. The van der Waals surface area contributed by atoms with Crippen LogP contribution >= 0.6 is 0 Å². The van der Waals surface area contributed by atoms with E-state index < -0.39 is 11.9 Å². The molecule has 0 aliphatic heterocycles. The number of amides is 1. The first-order valence-electron chi connectivity index (χ1n) is 5.72. The second kappa shape index (κ2) is 6.76. The van der Waals surface area contributed by atoms with Crippen LogP contribution in [0.4, 0.5) is 0 Å². The van der Waals surface area contributed by atoms with Crippen LogP contribution in [0.1, 0.15) is 23.5 Å². The topological polar surface area (TPSA) is 86.6 Å². The lowest BCUT2D eigenvalue weighted by Gasteiger charge is -2.14. The molecule has 3 N–H and O–H groups in total. The smallest absolute Gasteiger partial charge is 0.311 e. The number of benzene rings is 1. The van der Waals surface area contributed by atoms with Crippen LogP contribution in [0.2, 0.25) is 0 Å². The molecule has 5 nitrogen and oxygen atoms in total. The van der Waals surface area contributed by atoms with Gasteiger partial charge in [0.1, 0.15) is 0 Å². The molecule has 0 radical (unpaired) electrons. The van der Waals surface area contributed by atoms with Crippen LogP contribution in [0.15, 0.2) is 24.3 Å². The third-order valence-electron chi connectivity index (χ3n) is 2.69. The van der Waals surface area contributed by atoms with Gasteiger partial charge >= 0.3 is 5.97 Å². The van der Waals surface area contributed by atoms with Gasteiger partial charge in [-0.2, -0.15) is 0 Å². The van der Waals surface area contributed by atoms with Crippen molar-refractivity contribution in [2.45, 2.75) is 19.3 Å². The number of carbonyl (C=O) groups is 2. The highest BCUT2D eigenvalue weighted by Gasteiger charge is 2.24. The molecule has 0 spiro atoms. The number of carbonyl (C=O) groups excluding carboxylic acids is 1. The average molecular weight is 251 g/mol. The van der Waals surface area contributed by atoms with Crippen LogP contribution in [-0.4, -0.2) is 35.2 Å². The Labute approximate surface area is 105 Å². The second-order valence-corrected chi connectivity index (χ2v) is 4.03. The van der Waals surface area contributed by atoms with Crippen molar-refractivity contribution in [3.8, 4) is 0 Å². The Bertz CT molecular complexity index is 431. The molecule has 0 bridgehead atoms. The Hall–Kier alpha value is -1.88. The average Bonchev–Trinajstić information content (AvgIpc) is 2.34. The normalized spacial score (nSPS) is 11.9. The molecule has 0 saturated carbocycles. The lowest BCUT2D eigenvalue weighted by molar-refractivity contribution is -0.140. The lowest BCUT2D eigenvalue weighted by atomic mass is 9.92. The maximum Gasteiger partial charge on any atom is 0.311 e. The Kier molecular flexibility index (Phi) is 5.32. The van der Waals surface area contributed by atoms with Gasteiger partial charge in [0.15, 0.2) is 0 Å². The van der Waals surface area contributed by atoms with Gasteiger partial charge < -0.3 is 15.5 Å². The minimum atomic E-state index is -1.02. The van der Waals surface area contributed by atoms with Crippen molar-refractivity contribution in [3.63, 3.8) is 0 Å². The van der Waals surface area contributed by atoms with E-state index in [4.69, 9.17) is 5.11 Å². The van der Waals surface area contributed by atoms with Gasteiger partial charge in [-0.3, -0.25) is 9.59 Å². The zero-order valence-corrected chi connectivity index (χ0v) is 10.2. The Morgan fingerprint density at radius 3 is 2.56 bits per heavy atom. The number of aliphatic hydroxyl groups is 1. The first-order chi connectivity index (χ1) is 8.56. The van der Waals surface area contributed by atoms with E-state index in [0.29, 0.717) is 5.56 Å². The van der Waals surface area contributed by atoms with Gasteiger partial charge in [-0.15, -0.1) is 0 Å². The summed E-state index contributed by atoms with van der Waals surface area (Å²) < 4.78 is 0. The standard InChI is InChI=1S/C13H17NO4/c1-9-4-2-3-5-10(9)11(13(17)18)8-12(16)14-6-7-15/h2-5,11,15H,6-8H2,1H3,(H,14,16)(H,17,18). The third kappa shape index (κ3) is 3.85. The number of aryl methyl sites for hydroxylation is 1. The summed E-state index contributed by atoms with van der Waals surface area (Å²) in [6.45, 7) is 1.80. The van der Waals surface area contributed by atoms with Crippen molar-refractivity contribution in [1.82, 2.24) is 5.32 Å². The van der Waals surface area contributed by atoms with E-state index in [1.54, 1.807) is 12.1 Å². The van der Waals surface area contributed by atoms with E-state index >= 15 is 0 Å². The number of aliphatic carboxylic acids is 1. The van der Waals surface area contributed by atoms with E-state index in [-0.39, 0.29) is 25.5 Å². The van der Waals surface area contributed by atoms with Gasteiger partial charge in [0.2, 0.25) is 5.91 Å². The van der Waals surface area contributed by atoms with Gasteiger partial charge in [-0.1, -0.05) is 24.3 Å². The first kappa shape index (κ1) is 14.2. The molecule has 5 heteroatoms. The van der Waals surface area contributed by atoms with Crippen LogP contribution in [0.3, 0.4) is 0 Å². The fourth-order valence-corrected chi connectivity index (χ4v) is 1.76. The Morgan fingerprint density at radius 1 is 1.33 bits per heavy atom. The molecule has 0 aromatic heterocycles. The maximum absolute atomic E-state index is 11.5. The molecule has 0 heterocycles. The highest BCUT2D eigenvalue weighted by atomic mass is 16.4. The van der Waals surface area contributed by atoms with E-state index in [1.807, 2.05) is 19.1 Å². The molecular weight excluding hydrogens is 234 g/mol. The fourth-order valence-electron chi connectivity index (χ4n) is 1.76. The highest BCUT2D eigenvalue weighted by Crippen LogP contribution is 2.23. The molecule has 1 aromatic carbocycles. The van der Waals surface area contributed by atoms with E-state index in [0.717, 1.165) is 5.56 Å². The number of hydrogen-bond donors (Lipinski definition) is 3. The molecule has 1 atom stereocenters. The van der Waals surface area contributed by atoms with Crippen LogP contribution in [0.5, 0.6) is 0 Å². The summed E-state index contributed by atoms with van der Waals surface area (Å²) in [4.78, 5) is 22.7. The molecule has 1 rings (SSSR count). The Morgan fingerprint density at radius 2 is 2.00 bits per heavy atom. The molecule has 0 saturated heterocycles. The van der Waals surface area contributed by atoms with Crippen molar-refractivity contribution >= 4 is 11.9 Å². The Balaban J connectivity index is 2.81. The minimum Gasteiger partial charge on any atom is -0.481 e. The van der Waals surface area contributed by atoms with Crippen molar-refractivity contribution in [2.75, 3.05) is 13.2 Å². The fraction of sp³-hybridized carbons (Fsp3) is 0.385. The summed E-state index contributed by atoms with van der Waals surface area (Å²) in [5.74, 6) is -2.26. The molecule has 1 aromatic rings. The number of carboxylic acids is 1. The minimum absolute atomic E-state index is 0.125. The van der Waals surface area contributed by atoms with Gasteiger partial charge in [-0.25, -0.2) is 0 Å². The number of carboxylic acid groups (broad SMARTS) is 1. The molecule has 0 fully saturated rings. The first-order valence-corrected chi connectivity index (χ1v) is 5.72. The summed E-state index contributed by atoms with van der Waals surface area (Å²) >= 11 is 0. The maximum atomic E-state index is 11.5. The number of nitrogens with one attached hydrogen (secondary N) is 1. The molecule has 1 amide bonds. The van der Waals surface area contributed by atoms with Gasteiger partial charge in [-0.05, 0) is 18.1 Å². The van der Waals surface area contributed by atoms with Gasteiger partial charge in [0.05, 0.1) is 12.5 Å². The summed E-state index contributed by atoms with van der Waals surface area (Å²) in [5.41, 5.74) is 1.49. The van der Waals surface area contributed by atoms with Crippen LogP contribution < -0.4 is 5.32 Å². The van der Waals surface area contributed by atoms with E-state index in [1.165, 1.54) is 0 Å². The zero-order valence-electron chi connectivity index (χ0n) is 10.2. The van der Waals surface area contributed by atoms with Gasteiger partial charge in [0.25, 0.3) is 0 Å². The third-order valence-corrected chi connectivity index (χ3v) is 2.69. The van der Waals surface area contributed by atoms with Crippen LogP contribution in [-0.2, 0) is 9.59 Å². The van der Waals surface area contributed by atoms with Crippen molar-refractivity contribution in [2.24, 2.45) is 0 Å². The van der Waals surface area contributed by atoms with Crippen molar-refractivity contribution in [1.29, 1.82) is 0 Å². The zero-order chi connectivity index (χ0) is 13.5. The monoisotopic (exact) mass is 251 g/mol. The number of rotatable bonds is 6. The molecule has 98 valence electrons. The van der Waals surface area contributed by atoms with E-state index in [2.05, 4.69) is 5.32 Å². The SMILES string of the molecule is Cc1ccccc1C(CC(=O)NCCO)C(=O)O. The molecule has 18 heavy (non-hydrogen) atoms. The summed E-state index contributed by atoms with van der Waals surface area (Å²) in [6, 6.07) is 7.11. The van der Waals surface area contributed by atoms with Crippen molar-refractivity contribution in [3.05, 3.63) is 35.4 Å². The largest absolute Gasteiger partial charge is 0.481 e. The predicted molar refractivity (Wildman–Crippen MR) is 66.3 cm³/mol. The van der Waals surface area contributed by atoms with Crippen LogP contribution in [0, 0.1) is 6.92 Å². The number of aliphatic hydroxyl groups excluding tert-OH is 1. The lowest BCUT2D eigenvalue weighted by Crippen LogP contribution is -2.29. The molecule has 0 aliphatic rings. The molecule has 0 aliphatic carbocycles. The molecular formula is C13H17NO4. The summed E-state index contributed by atoms with van der Waals surface area (Å²) in [7, 11) is 0. The van der Waals surface area contributed by atoms with E-state index in [9.17, 15) is 14.7 Å². The highest BCUT2D eigenvalue weighted by molar-refractivity contribution is 5.86.